The third kappa shape index (κ3) is 6.23. The number of fused-ring (bicyclic) bond motifs is 6. The maximum Gasteiger partial charge on any atom is 0.229 e. The van der Waals surface area contributed by atoms with E-state index in [1.807, 2.05) is 72.8 Å². The summed E-state index contributed by atoms with van der Waals surface area (Å²) in [6.07, 6.45) is 1.82. The minimum atomic E-state index is -0.116. The van der Waals surface area contributed by atoms with Crippen LogP contribution in [0.1, 0.15) is 5.56 Å². The van der Waals surface area contributed by atoms with E-state index in [9.17, 15) is 4.79 Å². The number of nitrogens with one attached hydrogen (secondary N) is 3. The molecule has 5 rings (SSSR count). The predicted octanol–water partition coefficient (Wildman–Crippen LogP) is 6.28. The number of amides is 1. The zero-order chi connectivity index (χ0) is 24.0. The minimum Gasteiger partial charge on any atom is -0.493 e. The number of ether oxygens (including phenoxy) is 1. The van der Waals surface area contributed by atoms with Crippen LogP contribution in [0.2, 0.25) is 5.02 Å². The Labute approximate surface area is 212 Å². The molecular weight excluding hydrogens is 482 g/mol. The first-order chi connectivity index (χ1) is 17.1. The minimum absolute atomic E-state index is 0.116. The van der Waals surface area contributed by atoms with Gasteiger partial charge in [-0.15, -0.1) is 11.8 Å². The molecule has 35 heavy (non-hydrogen) atoms. The summed E-state index contributed by atoms with van der Waals surface area (Å²) in [6.45, 7) is 0.499. The zero-order valence-electron chi connectivity index (χ0n) is 18.6. The molecule has 0 atom stereocenters. The van der Waals surface area contributed by atoms with E-state index in [4.69, 9.17) is 16.3 Å². The summed E-state index contributed by atoms with van der Waals surface area (Å²) in [7, 11) is 0. The summed E-state index contributed by atoms with van der Waals surface area (Å²) in [6, 6.07) is 23.1. The van der Waals surface area contributed by atoms with Gasteiger partial charge in [-0.2, -0.15) is 4.98 Å². The molecule has 0 spiro atoms. The molecule has 1 aromatic heterocycles. The van der Waals surface area contributed by atoms with Gasteiger partial charge in [0.15, 0.2) is 5.82 Å². The lowest BCUT2D eigenvalue weighted by molar-refractivity contribution is -0.115. The number of carbonyl (C=O) groups excluding carboxylic acids is 1. The van der Waals surface area contributed by atoms with E-state index in [1.54, 1.807) is 18.0 Å². The fourth-order valence-corrected chi connectivity index (χ4v) is 4.50. The SMILES string of the molecule is O=C(Cc1ccccc1)Nc1cc2cc(c1)OCCSc1cccc(c1)Nc1nc(ncc1Cl)N2. The smallest absolute Gasteiger partial charge is 0.229 e. The van der Waals surface area contributed by atoms with E-state index in [-0.39, 0.29) is 12.3 Å². The molecule has 0 saturated heterocycles. The zero-order valence-corrected chi connectivity index (χ0v) is 20.2. The van der Waals surface area contributed by atoms with Gasteiger partial charge in [0.1, 0.15) is 10.8 Å². The van der Waals surface area contributed by atoms with Gasteiger partial charge in [-0.1, -0.05) is 48.0 Å². The first kappa shape index (κ1) is 23.0. The standard InChI is InChI=1S/C26H22ClN5O2S/c27-23-16-28-26-31-20-12-19(29-24(33)11-17-5-2-1-3-6-17)13-21(14-20)34-9-10-35-22-8-4-7-18(15-22)30-25(23)32-26/h1-8,12-16H,9-11H2,(H,29,33)(H2,28,30,31,32). The second kappa shape index (κ2) is 10.7. The highest BCUT2D eigenvalue weighted by Crippen LogP contribution is 2.30. The maximum atomic E-state index is 12.7. The lowest BCUT2D eigenvalue weighted by Gasteiger charge is -2.13. The number of aromatic nitrogens is 2. The third-order valence-electron chi connectivity index (χ3n) is 5.12. The predicted molar refractivity (Wildman–Crippen MR) is 141 cm³/mol. The summed E-state index contributed by atoms with van der Waals surface area (Å²) >= 11 is 8.03. The van der Waals surface area contributed by atoms with Crippen LogP contribution >= 0.6 is 23.4 Å². The van der Waals surface area contributed by atoms with E-state index in [2.05, 4.69) is 25.9 Å². The summed E-state index contributed by atoms with van der Waals surface area (Å²) in [5.41, 5.74) is 3.11. The molecule has 0 radical (unpaired) electrons. The quantitative estimate of drug-likeness (QED) is 0.303. The Hall–Kier alpha value is -3.75. The first-order valence-electron chi connectivity index (χ1n) is 11.0. The summed E-state index contributed by atoms with van der Waals surface area (Å²) < 4.78 is 6.02. The van der Waals surface area contributed by atoms with Crippen molar-refractivity contribution >= 4 is 58.1 Å². The highest BCUT2D eigenvalue weighted by atomic mass is 35.5. The van der Waals surface area contributed by atoms with Crippen LogP contribution in [0.15, 0.2) is 83.9 Å². The first-order valence-corrected chi connectivity index (χ1v) is 12.4. The highest BCUT2D eigenvalue weighted by molar-refractivity contribution is 7.99. The average molecular weight is 504 g/mol. The fraction of sp³-hybridized carbons (Fsp3) is 0.115. The molecule has 0 aliphatic carbocycles. The van der Waals surface area contributed by atoms with Crippen LogP contribution in [0.4, 0.5) is 28.8 Å². The number of rotatable bonds is 3. The van der Waals surface area contributed by atoms with Crippen molar-refractivity contribution in [2.75, 3.05) is 28.3 Å². The van der Waals surface area contributed by atoms with E-state index in [0.717, 1.165) is 21.9 Å². The van der Waals surface area contributed by atoms with Gasteiger partial charge >= 0.3 is 0 Å². The lowest BCUT2D eigenvalue weighted by atomic mass is 10.1. The summed E-state index contributed by atoms with van der Waals surface area (Å²) in [5, 5.41) is 9.83. The Morgan fingerprint density at radius 1 is 1.03 bits per heavy atom. The van der Waals surface area contributed by atoms with Crippen LogP contribution in [0.5, 0.6) is 5.75 Å². The number of carbonyl (C=O) groups is 1. The van der Waals surface area contributed by atoms with Crippen molar-refractivity contribution in [1.29, 1.82) is 0 Å². The topological polar surface area (TPSA) is 88.2 Å². The van der Waals surface area contributed by atoms with Crippen LogP contribution in [-0.4, -0.2) is 28.2 Å². The second-order valence-corrected chi connectivity index (χ2v) is 9.40. The highest BCUT2D eigenvalue weighted by Gasteiger charge is 2.11. The molecule has 3 aromatic carbocycles. The van der Waals surface area contributed by atoms with Gasteiger partial charge in [-0.3, -0.25) is 4.79 Å². The molecule has 3 N–H and O–H groups in total. The molecule has 1 aliphatic heterocycles. The van der Waals surface area contributed by atoms with Gasteiger partial charge in [-0.25, -0.2) is 4.98 Å². The summed E-state index contributed by atoms with van der Waals surface area (Å²) in [4.78, 5) is 22.6. The van der Waals surface area contributed by atoms with Crippen LogP contribution in [-0.2, 0) is 11.2 Å². The van der Waals surface area contributed by atoms with Crippen molar-refractivity contribution in [2.45, 2.75) is 11.3 Å². The van der Waals surface area contributed by atoms with E-state index >= 15 is 0 Å². The number of halogens is 1. The van der Waals surface area contributed by atoms with Crippen LogP contribution in [0.25, 0.3) is 0 Å². The monoisotopic (exact) mass is 503 g/mol. The Kier molecular flexibility index (Phi) is 7.02. The second-order valence-electron chi connectivity index (χ2n) is 7.82. The van der Waals surface area contributed by atoms with Gasteiger partial charge in [0.2, 0.25) is 11.9 Å². The number of nitrogens with zero attached hydrogens (tertiary/aromatic N) is 2. The van der Waals surface area contributed by atoms with Crippen molar-refractivity contribution in [2.24, 2.45) is 0 Å². The van der Waals surface area contributed by atoms with Gasteiger partial charge in [0, 0.05) is 39.8 Å². The van der Waals surface area contributed by atoms with Crippen molar-refractivity contribution < 1.29 is 9.53 Å². The maximum absolute atomic E-state index is 12.7. The summed E-state index contributed by atoms with van der Waals surface area (Å²) in [5.74, 6) is 2.11. The van der Waals surface area contributed by atoms with Crippen LogP contribution < -0.4 is 20.7 Å². The number of benzene rings is 3. The molecule has 176 valence electrons. The Morgan fingerprint density at radius 3 is 2.80 bits per heavy atom. The van der Waals surface area contributed by atoms with Crippen molar-refractivity contribution in [3.63, 3.8) is 0 Å². The Bertz CT molecular complexity index is 1350. The van der Waals surface area contributed by atoms with Crippen molar-refractivity contribution in [3.05, 3.63) is 89.6 Å². The molecule has 0 saturated carbocycles. The molecule has 1 aliphatic rings. The van der Waals surface area contributed by atoms with E-state index < -0.39 is 0 Å². The van der Waals surface area contributed by atoms with Crippen molar-refractivity contribution in [3.8, 4) is 5.75 Å². The molecule has 6 bridgehead atoms. The Morgan fingerprint density at radius 2 is 1.91 bits per heavy atom. The molecule has 1 amide bonds. The molecule has 7 nitrogen and oxygen atoms in total. The molecular formula is C26H22ClN5O2S. The van der Waals surface area contributed by atoms with Crippen molar-refractivity contribution in [1.82, 2.24) is 9.97 Å². The van der Waals surface area contributed by atoms with Gasteiger partial charge < -0.3 is 20.7 Å². The number of hydrogen-bond donors (Lipinski definition) is 3. The lowest BCUT2D eigenvalue weighted by Crippen LogP contribution is -2.14. The van der Waals surface area contributed by atoms with E-state index in [0.29, 0.717) is 40.5 Å². The molecule has 4 aromatic rings. The fourth-order valence-electron chi connectivity index (χ4n) is 3.58. The average Bonchev–Trinajstić information content (AvgIpc) is 2.84. The normalized spacial score (nSPS) is 12.7. The molecule has 2 heterocycles. The Balaban J connectivity index is 1.43. The van der Waals surface area contributed by atoms with Gasteiger partial charge in [-0.05, 0) is 29.8 Å². The molecule has 0 fully saturated rings. The number of hydrogen-bond acceptors (Lipinski definition) is 7. The van der Waals surface area contributed by atoms with Gasteiger partial charge in [0.25, 0.3) is 0 Å². The van der Waals surface area contributed by atoms with Crippen LogP contribution in [0, 0.1) is 0 Å². The third-order valence-corrected chi connectivity index (χ3v) is 6.35. The molecule has 9 heteroatoms. The van der Waals surface area contributed by atoms with Gasteiger partial charge in [0.05, 0.1) is 19.2 Å². The number of thioether (sulfide) groups is 1. The largest absolute Gasteiger partial charge is 0.493 e. The molecule has 0 unspecified atom stereocenters. The van der Waals surface area contributed by atoms with Crippen LogP contribution in [0.3, 0.4) is 0 Å². The number of anilines is 5. The van der Waals surface area contributed by atoms with E-state index in [1.165, 1.54) is 0 Å².